The van der Waals surface area contributed by atoms with E-state index >= 15 is 0 Å². The van der Waals surface area contributed by atoms with E-state index in [2.05, 4.69) is 74.6 Å². The minimum absolute atomic E-state index is 0.438. The molecule has 0 aromatic heterocycles. The highest BCUT2D eigenvalue weighted by Gasteiger charge is 2.12. The van der Waals surface area contributed by atoms with E-state index in [1.165, 1.54) is 20.9 Å². The third-order valence-corrected chi connectivity index (χ3v) is 4.45. The number of benzene rings is 2. The average Bonchev–Trinajstić information content (AvgIpc) is 2.46. The molecule has 1 unspecified atom stereocenters. The van der Waals surface area contributed by atoms with Crippen molar-refractivity contribution in [2.24, 2.45) is 0 Å². The van der Waals surface area contributed by atoms with Crippen molar-refractivity contribution in [3.8, 4) is 0 Å². The van der Waals surface area contributed by atoms with E-state index in [0.29, 0.717) is 6.04 Å². The minimum Gasteiger partial charge on any atom is -0.310 e. The van der Waals surface area contributed by atoms with E-state index in [1.807, 2.05) is 11.8 Å². The van der Waals surface area contributed by atoms with Gasteiger partial charge in [-0.25, -0.2) is 0 Å². The fraction of sp³-hybridized carbons (Fsp3) is 0.333. The van der Waals surface area contributed by atoms with Crippen LogP contribution in [0.3, 0.4) is 0 Å². The molecule has 2 aromatic carbocycles. The SMILES string of the molecule is CCNC(CC)c1ccccc1Sc1cccc(C)c1. The van der Waals surface area contributed by atoms with Gasteiger partial charge in [-0.05, 0) is 43.7 Å². The molecular formula is C18H23NS. The van der Waals surface area contributed by atoms with Gasteiger partial charge in [0.05, 0.1) is 0 Å². The molecule has 0 amide bonds. The van der Waals surface area contributed by atoms with E-state index in [4.69, 9.17) is 0 Å². The lowest BCUT2D eigenvalue weighted by Crippen LogP contribution is -2.20. The van der Waals surface area contributed by atoms with Crippen LogP contribution in [0.25, 0.3) is 0 Å². The summed E-state index contributed by atoms with van der Waals surface area (Å²) in [6.45, 7) is 7.55. The van der Waals surface area contributed by atoms with Gasteiger partial charge in [0.2, 0.25) is 0 Å². The maximum absolute atomic E-state index is 3.57. The zero-order chi connectivity index (χ0) is 14.4. The van der Waals surface area contributed by atoms with Gasteiger partial charge < -0.3 is 5.32 Å². The topological polar surface area (TPSA) is 12.0 Å². The number of hydrogen-bond acceptors (Lipinski definition) is 2. The van der Waals surface area contributed by atoms with Gasteiger partial charge >= 0.3 is 0 Å². The highest BCUT2D eigenvalue weighted by molar-refractivity contribution is 7.99. The molecule has 0 fully saturated rings. The van der Waals surface area contributed by atoms with Crippen LogP contribution in [0.15, 0.2) is 58.3 Å². The Kier molecular flexibility index (Phi) is 5.69. The number of aryl methyl sites for hydroxylation is 1. The Morgan fingerprint density at radius 3 is 2.55 bits per heavy atom. The van der Waals surface area contributed by atoms with E-state index in [0.717, 1.165) is 13.0 Å². The summed E-state index contributed by atoms with van der Waals surface area (Å²) in [7, 11) is 0. The molecule has 0 aliphatic rings. The van der Waals surface area contributed by atoms with Crippen molar-refractivity contribution in [1.82, 2.24) is 5.32 Å². The van der Waals surface area contributed by atoms with Crippen LogP contribution < -0.4 is 5.32 Å². The van der Waals surface area contributed by atoms with E-state index in [9.17, 15) is 0 Å². The molecule has 2 aromatic rings. The first-order valence-electron chi connectivity index (χ1n) is 7.31. The largest absolute Gasteiger partial charge is 0.310 e. The Morgan fingerprint density at radius 1 is 1.05 bits per heavy atom. The molecule has 0 heterocycles. The van der Waals surface area contributed by atoms with Gasteiger partial charge in [-0.2, -0.15) is 0 Å². The van der Waals surface area contributed by atoms with Crippen LogP contribution in [0, 0.1) is 6.92 Å². The van der Waals surface area contributed by atoms with Crippen LogP contribution in [0.5, 0.6) is 0 Å². The second-order valence-corrected chi connectivity index (χ2v) is 6.09. The highest BCUT2D eigenvalue weighted by Crippen LogP contribution is 2.34. The lowest BCUT2D eigenvalue weighted by molar-refractivity contribution is 0.530. The Balaban J connectivity index is 2.27. The standard InChI is InChI=1S/C18H23NS/c1-4-17(19-5-2)16-11-6-7-12-18(16)20-15-10-8-9-14(3)13-15/h6-13,17,19H,4-5H2,1-3H3. The Labute approximate surface area is 126 Å². The number of nitrogens with one attached hydrogen (secondary N) is 1. The fourth-order valence-electron chi connectivity index (χ4n) is 2.39. The van der Waals surface area contributed by atoms with Crippen molar-refractivity contribution < 1.29 is 0 Å². The summed E-state index contributed by atoms with van der Waals surface area (Å²) in [5.74, 6) is 0. The van der Waals surface area contributed by atoms with Crippen molar-refractivity contribution >= 4 is 11.8 Å². The lowest BCUT2D eigenvalue weighted by Gasteiger charge is -2.19. The maximum Gasteiger partial charge on any atom is 0.0328 e. The van der Waals surface area contributed by atoms with Crippen molar-refractivity contribution in [1.29, 1.82) is 0 Å². The summed E-state index contributed by atoms with van der Waals surface area (Å²) in [6, 6.07) is 17.9. The molecule has 0 aliphatic heterocycles. The van der Waals surface area contributed by atoms with Crippen molar-refractivity contribution in [3.63, 3.8) is 0 Å². The summed E-state index contributed by atoms with van der Waals surface area (Å²) in [5.41, 5.74) is 2.72. The third kappa shape index (κ3) is 3.87. The van der Waals surface area contributed by atoms with Gasteiger partial charge in [-0.3, -0.25) is 0 Å². The maximum atomic E-state index is 3.57. The quantitative estimate of drug-likeness (QED) is 0.782. The van der Waals surface area contributed by atoms with Crippen molar-refractivity contribution in [2.45, 2.75) is 43.0 Å². The van der Waals surface area contributed by atoms with Gasteiger partial charge in [0.25, 0.3) is 0 Å². The monoisotopic (exact) mass is 285 g/mol. The molecule has 20 heavy (non-hydrogen) atoms. The molecule has 0 saturated heterocycles. The summed E-state index contributed by atoms with van der Waals surface area (Å²) < 4.78 is 0. The average molecular weight is 285 g/mol. The second-order valence-electron chi connectivity index (χ2n) is 4.97. The molecule has 1 N–H and O–H groups in total. The molecule has 0 spiro atoms. The molecule has 2 heteroatoms. The predicted molar refractivity (Wildman–Crippen MR) is 88.5 cm³/mol. The van der Waals surface area contributed by atoms with Crippen LogP contribution >= 0.6 is 11.8 Å². The molecule has 1 atom stereocenters. The summed E-state index contributed by atoms with van der Waals surface area (Å²) in [6.07, 6.45) is 1.11. The molecule has 106 valence electrons. The van der Waals surface area contributed by atoms with Gasteiger partial charge in [0.15, 0.2) is 0 Å². The summed E-state index contributed by atoms with van der Waals surface area (Å²) in [4.78, 5) is 2.66. The fourth-order valence-corrected chi connectivity index (χ4v) is 3.51. The molecule has 0 radical (unpaired) electrons. The Hall–Kier alpha value is -1.25. The van der Waals surface area contributed by atoms with E-state index in [1.54, 1.807) is 0 Å². The first kappa shape index (κ1) is 15.1. The third-order valence-electron chi connectivity index (χ3n) is 3.37. The zero-order valence-corrected chi connectivity index (χ0v) is 13.3. The molecule has 0 bridgehead atoms. The lowest BCUT2D eigenvalue weighted by atomic mass is 10.0. The molecule has 1 nitrogen and oxygen atoms in total. The van der Waals surface area contributed by atoms with Gasteiger partial charge in [0, 0.05) is 15.8 Å². The van der Waals surface area contributed by atoms with Crippen molar-refractivity contribution in [3.05, 3.63) is 59.7 Å². The van der Waals surface area contributed by atoms with Crippen LogP contribution in [-0.4, -0.2) is 6.54 Å². The van der Waals surface area contributed by atoms with Crippen LogP contribution in [0.2, 0.25) is 0 Å². The molecule has 0 aliphatic carbocycles. The normalized spacial score (nSPS) is 12.3. The Bertz CT molecular complexity index is 551. The van der Waals surface area contributed by atoms with Crippen LogP contribution in [-0.2, 0) is 0 Å². The Morgan fingerprint density at radius 2 is 1.85 bits per heavy atom. The smallest absolute Gasteiger partial charge is 0.0328 e. The summed E-state index contributed by atoms with van der Waals surface area (Å²) in [5, 5.41) is 3.57. The molecular weight excluding hydrogens is 262 g/mol. The van der Waals surface area contributed by atoms with Gasteiger partial charge in [0.1, 0.15) is 0 Å². The highest BCUT2D eigenvalue weighted by atomic mass is 32.2. The van der Waals surface area contributed by atoms with Crippen molar-refractivity contribution in [2.75, 3.05) is 6.54 Å². The molecule has 0 saturated carbocycles. The number of rotatable bonds is 6. The van der Waals surface area contributed by atoms with Crippen LogP contribution in [0.4, 0.5) is 0 Å². The van der Waals surface area contributed by atoms with E-state index in [-0.39, 0.29) is 0 Å². The molecule has 2 rings (SSSR count). The summed E-state index contributed by atoms with van der Waals surface area (Å²) >= 11 is 1.86. The first-order valence-corrected chi connectivity index (χ1v) is 8.13. The first-order chi connectivity index (χ1) is 9.74. The predicted octanol–water partition coefficient (Wildman–Crippen LogP) is 5.21. The zero-order valence-electron chi connectivity index (χ0n) is 12.5. The second kappa shape index (κ2) is 7.51. The van der Waals surface area contributed by atoms with E-state index < -0.39 is 0 Å². The minimum atomic E-state index is 0.438. The van der Waals surface area contributed by atoms with Crippen LogP contribution in [0.1, 0.15) is 37.4 Å². The number of hydrogen-bond donors (Lipinski definition) is 1. The van der Waals surface area contributed by atoms with Gasteiger partial charge in [-0.15, -0.1) is 0 Å². The van der Waals surface area contributed by atoms with Gasteiger partial charge in [-0.1, -0.05) is 61.5 Å².